The van der Waals surface area contributed by atoms with E-state index in [4.69, 9.17) is 6.42 Å². The van der Waals surface area contributed by atoms with Gasteiger partial charge in [-0.25, -0.2) is 8.78 Å². The molecule has 1 atom stereocenters. The number of rotatable bonds is 5. The zero-order valence-electron chi connectivity index (χ0n) is 10.2. The lowest BCUT2D eigenvalue weighted by atomic mass is 10.00. The minimum absolute atomic E-state index is 0.0522. The van der Waals surface area contributed by atoms with Crippen molar-refractivity contribution in [2.24, 2.45) is 0 Å². The zero-order chi connectivity index (χ0) is 12.8. The predicted octanol–water partition coefficient (Wildman–Crippen LogP) is 3.34. The lowest BCUT2D eigenvalue weighted by molar-refractivity contribution is 0.469. The Morgan fingerprint density at radius 3 is 2.71 bits per heavy atom. The number of aryl methyl sites for hydroxylation is 1. The Bertz CT molecular complexity index is 421. The molecule has 1 unspecified atom stereocenters. The van der Waals surface area contributed by atoms with E-state index in [1.807, 2.05) is 6.92 Å². The molecule has 0 saturated carbocycles. The lowest BCUT2D eigenvalue weighted by Gasteiger charge is -2.18. The molecule has 0 aliphatic rings. The lowest BCUT2D eigenvalue weighted by Crippen LogP contribution is -2.24. The van der Waals surface area contributed by atoms with Gasteiger partial charge < -0.3 is 5.32 Å². The molecule has 0 amide bonds. The largest absolute Gasteiger partial charge is 0.309 e. The Balaban J connectivity index is 3.09. The molecular formula is C14H17F2N. The van der Waals surface area contributed by atoms with Gasteiger partial charge in [-0.1, -0.05) is 13.0 Å². The average Bonchev–Trinajstić information content (AvgIpc) is 2.31. The highest BCUT2D eigenvalue weighted by atomic mass is 19.1. The van der Waals surface area contributed by atoms with Gasteiger partial charge >= 0.3 is 0 Å². The van der Waals surface area contributed by atoms with E-state index in [1.165, 1.54) is 12.1 Å². The summed E-state index contributed by atoms with van der Waals surface area (Å²) < 4.78 is 27.6. The summed E-state index contributed by atoms with van der Waals surface area (Å²) in [5.74, 6) is 1.40. The van der Waals surface area contributed by atoms with Gasteiger partial charge in [0, 0.05) is 18.0 Å². The number of hydrogen-bond donors (Lipinski definition) is 1. The number of terminal acetylenes is 1. The van der Waals surface area contributed by atoms with E-state index < -0.39 is 17.7 Å². The number of halogens is 2. The van der Waals surface area contributed by atoms with Gasteiger partial charge in [-0.05, 0) is 31.5 Å². The second-order valence-electron chi connectivity index (χ2n) is 4.01. The smallest absolute Gasteiger partial charge is 0.133 e. The summed E-state index contributed by atoms with van der Waals surface area (Å²) in [6, 6.07) is 2.26. The number of nitrogens with one attached hydrogen (secondary N) is 1. The van der Waals surface area contributed by atoms with Gasteiger partial charge in [0.2, 0.25) is 0 Å². The molecule has 92 valence electrons. The molecule has 1 N–H and O–H groups in total. The van der Waals surface area contributed by atoms with E-state index in [-0.39, 0.29) is 12.0 Å². The normalized spacial score (nSPS) is 12.2. The van der Waals surface area contributed by atoms with Crippen LogP contribution in [0.2, 0.25) is 0 Å². The maximum atomic E-state index is 13.9. The molecule has 0 aromatic heterocycles. The monoisotopic (exact) mass is 237 g/mol. The summed E-state index contributed by atoms with van der Waals surface area (Å²) >= 11 is 0. The Morgan fingerprint density at radius 1 is 1.41 bits per heavy atom. The first-order valence-corrected chi connectivity index (χ1v) is 5.73. The first-order chi connectivity index (χ1) is 8.11. The van der Waals surface area contributed by atoms with Crippen LogP contribution in [0.25, 0.3) is 0 Å². The molecule has 0 radical (unpaired) electrons. The van der Waals surface area contributed by atoms with Gasteiger partial charge in [-0.2, -0.15) is 0 Å². The summed E-state index contributed by atoms with van der Waals surface area (Å²) in [6.45, 7) is 4.28. The molecule has 0 aliphatic carbocycles. The second-order valence-corrected chi connectivity index (χ2v) is 4.01. The van der Waals surface area contributed by atoms with E-state index in [1.54, 1.807) is 6.92 Å². The highest BCUT2D eigenvalue weighted by molar-refractivity contribution is 5.30. The predicted molar refractivity (Wildman–Crippen MR) is 65.6 cm³/mol. The molecule has 0 fully saturated rings. The standard InChI is InChI=1S/C14H17F2N/c1-4-6-12(17-9-5-2)13-11(15)8-7-10(3)14(13)16/h1,7-8,12,17H,5-6,9H2,2-3H3. The molecule has 1 rings (SSSR count). The molecule has 0 heterocycles. The van der Waals surface area contributed by atoms with Crippen molar-refractivity contribution in [3.05, 3.63) is 34.9 Å². The van der Waals surface area contributed by atoms with Crippen molar-refractivity contribution < 1.29 is 8.78 Å². The Labute approximate surface area is 101 Å². The molecule has 0 spiro atoms. The van der Waals surface area contributed by atoms with Crippen molar-refractivity contribution in [2.75, 3.05) is 6.54 Å². The fourth-order valence-electron chi connectivity index (χ4n) is 1.71. The molecular weight excluding hydrogens is 220 g/mol. The molecule has 1 aromatic rings. The summed E-state index contributed by atoms with van der Waals surface area (Å²) in [6.07, 6.45) is 6.40. The van der Waals surface area contributed by atoms with Crippen molar-refractivity contribution in [3.8, 4) is 12.3 Å². The van der Waals surface area contributed by atoms with Crippen LogP contribution in [0.3, 0.4) is 0 Å². The Hall–Kier alpha value is -1.40. The summed E-state index contributed by atoms with van der Waals surface area (Å²) in [4.78, 5) is 0. The molecule has 1 aromatic carbocycles. The van der Waals surface area contributed by atoms with Crippen LogP contribution in [-0.2, 0) is 0 Å². The van der Waals surface area contributed by atoms with Gasteiger partial charge in [0.15, 0.2) is 0 Å². The van der Waals surface area contributed by atoms with Crippen LogP contribution in [0.4, 0.5) is 8.78 Å². The minimum atomic E-state index is -0.544. The Kier molecular flexibility index (Phi) is 5.11. The number of hydrogen-bond acceptors (Lipinski definition) is 1. The van der Waals surface area contributed by atoms with Crippen LogP contribution in [-0.4, -0.2) is 6.54 Å². The van der Waals surface area contributed by atoms with Crippen LogP contribution in [0.5, 0.6) is 0 Å². The second kappa shape index (κ2) is 6.36. The van der Waals surface area contributed by atoms with Crippen molar-refractivity contribution in [3.63, 3.8) is 0 Å². The van der Waals surface area contributed by atoms with E-state index in [2.05, 4.69) is 11.2 Å². The van der Waals surface area contributed by atoms with Crippen molar-refractivity contribution >= 4 is 0 Å². The van der Waals surface area contributed by atoms with Crippen LogP contribution < -0.4 is 5.32 Å². The average molecular weight is 237 g/mol. The number of benzene rings is 1. The fraction of sp³-hybridized carbons (Fsp3) is 0.429. The third-order valence-electron chi connectivity index (χ3n) is 2.63. The van der Waals surface area contributed by atoms with Crippen LogP contribution in [0.1, 0.15) is 36.9 Å². The maximum Gasteiger partial charge on any atom is 0.133 e. The third-order valence-corrected chi connectivity index (χ3v) is 2.63. The minimum Gasteiger partial charge on any atom is -0.309 e. The first-order valence-electron chi connectivity index (χ1n) is 5.73. The topological polar surface area (TPSA) is 12.0 Å². The van der Waals surface area contributed by atoms with E-state index in [0.717, 1.165) is 6.42 Å². The van der Waals surface area contributed by atoms with Crippen molar-refractivity contribution in [1.82, 2.24) is 5.32 Å². The summed E-state index contributed by atoms with van der Waals surface area (Å²) in [5.41, 5.74) is 0.484. The van der Waals surface area contributed by atoms with Crippen molar-refractivity contribution in [2.45, 2.75) is 32.7 Å². The van der Waals surface area contributed by atoms with E-state index >= 15 is 0 Å². The molecule has 0 bridgehead atoms. The van der Waals surface area contributed by atoms with E-state index in [9.17, 15) is 8.78 Å². The molecule has 0 aliphatic heterocycles. The third kappa shape index (κ3) is 3.28. The van der Waals surface area contributed by atoms with Crippen molar-refractivity contribution in [1.29, 1.82) is 0 Å². The summed E-state index contributed by atoms with van der Waals surface area (Å²) in [5, 5.41) is 3.07. The van der Waals surface area contributed by atoms with E-state index in [0.29, 0.717) is 12.1 Å². The van der Waals surface area contributed by atoms with Gasteiger partial charge in [0.1, 0.15) is 11.6 Å². The summed E-state index contributed by atoms with van der Waals surface area (Å²) in [7, 11) is 0. The maximum absolute atomic E-state index is 13.9. The first kappa shape index (κ1) is 13.7. The van der Waals surface area contributed by atoms with Crippen LogP contribution in [0.15, 0.2) is 12.1 Å². The van der Waals surface area contributed by atoms with Crippen LogP contribution in [0, 0.1) is 30.9 Å². The molecule has 0 saturated heterocycles. The highest BCUT2D eigenvalue weighted by Crippen LogP contribution is 2.25. The molecule has 17 heavy (non-hydrogen) atoms. The quantitative estimate of drug-likeness (QED) is 0.774. The molecule has 1 nitrogen and oxygen atoms in total. The van der Waals surface area contributed by atoms with Gasteiger partial charge in [-0.3, -0.25) is 0 Å². The van der Waals surface area contributed by atoms with Gasteiger partial charge in [0.05, 0.1) is 0 Å². The highest BCUT2D eigenvalue weighted by Gasteiger charge is 2.20. The van der Waals surface area contributed by atoms with Gasteiger partial charge in [0.25, 0.3) is 0 Å². The van der Waals surface area contributed by atoms with Gasteiger partial charge in [-0.15, -0.1) is 12.3 Å². The molecule has 3 heteroatoms. The SMILES string of the molecule is C#CCC(NCCC)c1c(F)ccc(C)c1F. The fourth-order valence-corrected chi connectivity index (χ4v) is 1.71. The Morgan fingerprint density at radius 2 is 2.12 bits per heavy atom. The van der Waals surface area contributed by atoms with Crippen LogP contribution >= 0.6 is 0 Å². The zero-order valence-corrected chi connectivity index (χ0v) is 10.2.